The molecule has 0 aromatic heterocycles. The van der Waals surface area contributed by atoms with Crippen molar-refractivity contribution in [2.45, 2.75) is 25.7 Å². The first kappa shape index (κ1) is 17.0. The van der Waals surface area contributed by atoms with E-state index in [2.05, 4.69) is 10.0 Å². The van der Waals surface area contributed by atoms with E-state index in [4.69, 9.17) is 0 Å². The van der Waals surface area contributed by atoms with Crippen molar-refractivity contribution >= 4 is 27.3 Å². The molecule has 0 heterocycles. The van der Waals surface area contributed by atoms with Gasteiger partial charge in [-0.2, -0.15) is 0 Å². The summed E-state index contributed by atoms with van der Waals surface area (Å²) in [5, 5.41) is 2.69. The molecule has 7 heteroatoms. The second kappa shape index (κ2) is 6.37. The molecule has 2 N–H and O–H groups in total. The Bertz CT molecular complexity index is 846. The number of carbonyl (C=O) groups excluding carboxylic acids is 1. The molecule has 0 saturated heterocycles. The fraction of sp³-hybridized carbons (Fsp3) is 0.188. The van der Waals surface area contributed by atoms with E-state index in [9.17, 15) is 17.6 Å². The molecule has 2 rings (SSSR count). The SMILES string of the molecule is CC(=O)Nc1c(C)ccc(NS(=O)(=O)c2ccc(F)cc2)c1C. The molecule has 0 unspecified atom stereocenters. The minimum absolute atomic E-state index is 0.0417. The largest absolute Gasteiger partial charge is 0.326 e. The van der Waals surface area contributed by atoms with Crippen molar-refractivity contribution in [1.29, 1.82) is 0 Å². The van der Waals surface area contributed by atoms with Gasteiger partial charge in [0.25, 0.3) is 10.0 Å². The maximum Gasteiger partial charge on any atom is 0.261 e. The quantitative estimate of drug-likeness (QED) is 0.900. The maximum absolute atomic E-state index is 12.9. The fourth-order valence-corrected chi connectivity index (χ4v) is 3.27. The van der Waals surface area contributed by atoms with E-state index in [0.717, 1.165) is 17.7 Å². The lowest BCUT2D eigenvalue weighted by molar-refractivity contribution is -0.114. The molecule has 0 atom stereocenters. The number of halogens is 1. The van der Waals surface area contributed by atoms with Gasteiger partial charge < -0.3 is 5.32 Å². The van der Waals surface area contributed by atoms with Crippen LogP contribution in [0, 0.1) is 19.7 Å². The predicted molar refractivity (Wildman–Crippen MR) is 87.4 cm³/mol. The Morgan fingerprint density at radius 2 is 1.65 bits per heavy atom. The first-order valence-corrected chi connectivity index (χ1v) is 8.35. The number of aryl methyl sites for hydroxylation is 1. The highest BCUT2D eigenvalue weighted by Crippen LogP contribution is 2.29. The summed E-state index contributed by atoms with van der Waals surface area (Å²) in [5.74, 6) is -0.752. The highest BCUT2D eigenvalue weighted by atomic mass is 32.2. The Balaban J connectivity index is 2.40. The number of benzene rings is 2. The summed E-state index contributed by atoms with van der Waals surface area (Å²) in [7, 11) is -3.84. The fourth-order valence-electron chi connectivity index (χ4n) is 2.14. The van der Waals surface area contributed by atoms with Crippen LogP contribution in [0.25, 0.3) is 0 Å². The Kier molecular flexibility index (Phi) is 4.70. The van der Waals surface area contributed by atoms with Crippen LogP contribution in [0.4, 0.5) is 15.8 Å². The Labute approximate surface area is 134 Å². The van der Waals surface area contributed by atoms with Crippen LogP contribution < -0.4 is 10.0 Å². The predicted octanol–water partition coefficient (Wildman–Crippen LogP) is 3.20. The van der Waals surface area contributed by atoms with E-state index in [1.54, 1.807) is 19.1 Å². The lowest BCUT2D eigenvalue weighted by Gasteiger charge is -2.16. The van der Waals surface area contributed by atoms with Gasteiger partial charge in [-0.15, -0.1) is 0 Å². The van der Waals surface area contributed by atoms with E-state index in [0.29, 0.717) is 16.9 Å². The third-order valence-corrected chi connectivity index (χ3v) is 4.72. The molecule has 0 bridgehead atoms. The maximum atomic E-state index is 12.9. The van der Waals surface area contributed by atoms with Gasteiger partial charge in [0.1, 0.15) is 5.82 Å². The van der Waals surface area contributed by atoms with Crippen molar-refractivity contribution in [1.82, 2.24) is 0 Å². The number of sulfonamides is 1. The van der Waals surface area contributed by atoms with Crippen molar-refractivity contribution in [2.24, 2.45) is 0 Å². The Hall–Kier alpha value is -2.41. The van der Waals surface area contributed by atoms with Gasteiger partial charge in [-0.1, -0.05) is 6.07 Å². The molecule has 0 radical (unpaired) electrons. The van der Waals surface area contributed by atoms with Crippen LogP contribution in [0.5, 0.6) is 0 Å². The number of anilines is 2. The van der Waals surface area contributed by atoms with Crippen molar-refractivity contribution in [2.75, 3.05) is 10.0 Å². The zero-order chi connectivity index (χ0) is 17.2. The van der Waals surface area contributed by atoms with Gasteiger partial charge >= 0.3 is 0 Å². The molecule has 5 nitrogen and oxygen atoms in total. The summed E-state index contributed by atoms with van der Waals surface area (Å²) >= 11 is 0. The van der Waals surface area contributed by atoms with Crippen LogP contribution in [-0.4, -0.2) is 14.3 Å². The number of rotatable bonds is 4. The van der Waals surface area contributed by atoms with Crippen LogP contribution in [0.15, 0.2) is 41.3 Å². The van der Waals surface area contributed by atoms with E-state index >= 15 is 0 Å². The van der Waals surface area contributed by atoms with Crippen LogP contribution in [0.1, 0.15) is 18.1 Å². The second-order valence-electron chi connectivity index (χ2n) is 5.17. The zero-order valence-corrected chi connectivity index (χ0v) is 13.8. The summed E-state index contributed by atoms with van der Waals surface area (Å²) in [6, 6.07) is 7.88. The number of amides is 1. The van der Waals surface area contributed by atoms with Gasteiger partial charge in [0, 0.05) is 12.6 Å². The lowest BCUT2D eigenvalue weighted by atomic mass is 10.1. The van der Waals surface area contributed by atoms with Crippen molar-refractivity contribution < 1.29 is 17.6 Å². The molecule has 0 saturated carbocycles. The highest BCUT2D eigenvalue weighted by molar-refractivity contribution is 7.92. The standard InChI is InChI=1S/C16H17FN2O3S/c1-10-4-9-15(11(2)16(10)18-12(3)20)19-23(21,22)14-7-5-13(17)6-8-14/h4-9,19H,1-3H3,(H,18,20). The summed E-state index contributed by atoms with van der Waals surface area (Å²) in [6.45, 7) is 4.91. The molecule has 0 aliphatic rings. The first-order chi connectivity index (χ1) is 10.7. The molecule has 23 heavy (non-hydrogen) atoms. The van der Waals surface area contributed by atoms with Crippen LogP contribution in [0.2, 0.25) is 0 Å². The van der Waals surface area contributed by atoms with E-state index in [1.807, 2.05) is 6.92 Å². The molecular formula is C16H17FN2O3S. The number of hydrogen-bond acceptors (Lipinski definition) is 3. The number of nitrogens with one attached hydrogen (secondary N) is 2. The van der Waals surface area contributed by atoms with Gasteiger partial charge in [-0.25, -0.2) is 12.8 Å². The second-order valence-corrected chi connectivity index (χ2v) is 6.85. The van der Waals surface area contributed by atoms with E-state index in [-0.39, 0.29) is 10.8 Å². The zero-order valence-electron chi connectivity index (χ0n) is 13.0. The minimum atomic E-state index is -3.84. The summed E-state index contributed by atoms with van der Waals surface area (Å²) in [4.78, 5) is 11.2. The summed E-state index contributed by atoms with van der Waals surface area (Å²) in [5.41, 5.74) is 2.34. The third kappa shape index (κ3) is 3.87. The highest BCUT2D eigenvalue weighted by Gasteiger charge is 2.17. The molecule has 2 aromatic rings. The summed E-state index contributed by atoms with van der Waals surface area (Å²) in [6.07, 6.45) is 0. The van der Waals surface area contributed by atoms with Gasteiger partial charge in [-0.3, -0.25) is 9.52 Å². The average Bonchev–Trinajstić information content (AvgIpc) is 2.47. The first-order valence-electron chi connectivity index (χ1n) is 6.87. The molecule has 0 spiro atoms. The van der Waals surface area contributed by atoms with Gasteiger partial charge in [0.2, 0.25) is 5.91 Å². The summed E-state index contributed by atoms with van der Waals surface area (Å²) < 4.78 is 40.1. The van der Waals surface area contributed by atoms with Gasteiger partial charge in [-0.05, 0) is 55.3 Å². The monoisotopic (exact) mass is 336 g/mol. The van der Waals surface area contributed by atoms with Crippen molar-refractivity contribution in [3.05, 3.63) is 53.3 Å². The molecule has 122 valence electrons. The molecular weight excluding hydrogens is 319 g/mol. The Morgan fingerprint density at radius 1 is 1.04 bits per heavy atom. The van der Waals surface area contributed by atoms with Crippen LogP contribution >= 0.6 is 0 Å². The van der Waals surface area contributed by atoms with Gasteiger partial charge in [0.15, 0.2) is 0 Å². The van der Waals surface area contributed by atoms with E-state index in [1.165, 1.54) is 19.1 Å². The molecule has 0 aliphatic carbocycles. The van der Waals surface area contributed by atoms with Crippen LogP contribution in [0.3, 0.4) is 0 Å². The normalized spacial score (nSPS) is 11.1. The van der Waals surface area contributed by atoms with Gasteiger partial charge in [0.05, 0.1) is 10.6 Å². The Morgan fingerprint density at radius 3 is 2.22 bits per heavy atom. The molecule has 0 fully saturated rings. The number of hydrogen-bond donors (Lipinski definition) is 2. The molecule has 1 amide bonds. The third-order valence-electron chi connectivity index (χ3n) is 3.34. The average molecular weight is 336 g/mol. The number of carbonyl (C=O) groups is 1. The van der Waals surface area contributed by atoms with Crippen molar-refractivity contribution in [3.63, 3.8) is 0 Å². The van der Waals surface area contributed by atoms with Crippen LogP contribution in [-0.2, 0) is 14.8 Å². The molecule has 2 aromatic carbocycles. The smallest absolute Gasteiger partial charge is 0.261 e. The topological polar surface area (TPSA) is 75.3 Å². The minimum Gasteiger partial charge on any atom is -0.326 e. The molecule has 0 aliphatic heterocycles. The lowest BCUT2D eigenvalue weighted by Crippen LogP contribution is -2.15. The van der Waals surface area contributed by atoms with Crippen molar-refractivity contribution in [3.8, 4) is 0 Å². The van der Waals surface area contributed by atoms with E-state index < -0.39 is 15.8 Å².